The van der Waals surface area contributed by atoms with Crippen molar-refractivity contribution in [1.82, 2.24) is 0 Å². The van der Waals surface area contributed by atoms with Crippen LogP contribution in [-0.2, 0) is 0 Å². The van der Waals surface area contributed by atoms with Crippen molar-refractivity contribution in [3.8, 4) is 0 Å². The molecule has 0 aliphatic rings. The van der Waals surface area contributed by atoms with E-state index < -0.39 is 6.10 Å². The van der Waals surface area contributed by atoms with Crippen LogP contribution in [-0.4, -0.2) is 36.0 Å². The van der Waals surface area contributed by atoms with Crippen LogP contribution in [0.25, 0.3) is 0 Å². The average Bonchev–Trinajstić information content (AvgIpc) is 2.35. The van der Waals surface area contributed by atoms with Gasteiger partial charge in [0, 0.05) is 18.8 Å². The van der Waals surface area contributed by atoms with Gasteiger partial charge in [0.15, 0.2) is 0 Å². The Morgan fingerprint density at radius 3 is 2.65 bits per heavy atom. The lowest BCUT2D eigenvalue weighted by molar-refractivity contribution is 0.100. The maximum atomic E-state index is 10.5. The molecule has 1 unspecified atom stereocenters. The number of anilines is 1. The van der Waals surface area contributed by atoms with Crippen LogP contribution in [0.1, 0.15) is 12.5 Å². The van der Waals surface area contributed by atoms with Crippen LogP contribution in [0.3, 0.4) is 0 Å². The summed E-state index contributed by atoms with van der Waals surface area (Å²) in [6.07, 6.45) is -0.765. The van der Waals surface area contributed by atoms with Crippen LogP contribution >= 0.6 is 0 Å². The standard InChI is InChI=1S/C12H18N2O3/c1-3-14(7-11(16)8-15)10-4-5-12(13-17)9(2)6-10/h4-6,11,15-16H,3,7-8H2,1-2H3. The highest BCUT2D eigenvalue weighted by Crippen LogP contribution is 2.24. The molecule has 5 heteroatoms. The zero-order valence-corrected chi connectivity index (χ0v) is 10.1. The maximum Gasteiger partial charge on any atom is 0.111 e. The highest BCUT2D eigenvalue weighted by Gasteiger charge is 2.11. The molecule has 0 spiro atoms. The second kappa shape index (κ2) is 6.32. The fraction of sp³-hybridized carbons (Fsp3) is 0.500. The summed E-state index contributed by atoms with van der Waals surface area (Å²) in [7, 11) is 0. The molecule has 0 saturated carbocycles. The molecule has 0 heterocycles. The van der Waals surface area contributed by atoms with Gasteiger partial charge in [0.2, 0.25) is 0 Å². The molecule has 2 N–H and O–H groups in total. The number of hydrogen-bond donors (Lipinski definition) is 2. The average molecular weight is 238 g/mol. The first kappa shape index (κ1) is 13.6. The molecule has 0 fully saturated rings. The molecule has 1 rings (SSSR count). The Balaban J connectivity index is 2.88. The molecule has 1 atom stereocenters. The van der Waals surface area contributed by atoms with Crippen molar-refractivity contribution in [2.45, 2.75) is 20.0 Å². The molecule has 1 aromatic carbocycles. The number of nitroso groups, excluding NO2 is 1. The molecule has 17 heavy (non-hydrogen) atoms. The van der Waals surface area contributed by atoms with Gasteiger partial charge in [-0.2, -0.15) is 0 Å². The molecule has 0 amide bonds. The van der Waals surface area contributed by atoms with Crippen molar-refractivity contribution in [1.29, 1.82) is 0 Å². The summed E-state index contributed by atoms with van der Waals surface area (Å²) in [5.41, 5.74) is 2.13. The van der Waals surface area contributed by atoms with Gasteiger partial charge >= 0.3 is 0 Å². The van der Waals surface area contributed by atoms with Crippen LogP contribution in [0.5, 0.6) is 0 Å². The van der Waals surface area contributed by atoms with Crippen molar-refractivity contribution in [3.63, 3.8) is 0 Å². The van der Waals surface area contributed by atoms with Gasteiger partial charge in [-0.1, -0.05) is 0 Å². The van der Waals surface area contributed by atoms with Crippen LogP contribution in [0, 0.1) is 11.8 Å². The Kier molecular flexibility index (Phi) is 5.06. The first-order valence-electron chi connectivity index (χ1n) is 5.60. The number of benzene rings is 1. The quantitative estimate of drug-likeness (QED) is 0.738. The van der Waals surface area contributed by atoms with Gasteiger partial charge in [-0.25, -0.2) is 0 Å². The number of aryl methyl sites for hydroxylation is 1. The van der Waals surface area contributed by atoms with Crippen molar-refractivity contribution in [2.24, 2.45) is 5.18 Å². The molecule has 0 bridgehead atoms. The predicted octanol–water partition coefficient (Wildman–Crippen LogP) is 1.57. The molecule has 0 radical (unpaired) electrons. The highest BCUT2D eigenvalue weighted by molar-refractivity contribution is 5.57. The van der Waals surface area contributed by atoms with E-state index in [1.54, 1.807) is 12.1 Å². The molecule has 0 aliphatic carbocycles. The minimum absolute atomic E-state index is 0.260. The summed E-state index contributed by atoms with van der Waals surface area (Å²) in [6.45, 7) is 4.59. The summed E-state index contributed by atoms with van der Waals surface area (Å²) in [5, 5.41) is 21.2. The van der Waals surface area contributed by atoms with Crippen LogP contribution in [0.15, 0.2) is 23.4 Å². The van der Waals surface area contributed by atoms with Crippen molar-refractivity contribution >= 4 is 11.4 Å². The second-order valence-electron chi connectivity index (χ2n) is 3.94. The zero-order valence-electron chi connectivity index (χ0n) is 10.1. The Morgan fingerprint density at radius 2 is 2.18 bits per heavy atom. The summed E-state index contributed by atoms with van der Waals surface area (Å²) >= 11 is 0. The largest absolute Gasteiger partial charge is 0.394 e. The van der Waals surface area contributed by atoms with E-state index in [1.165, 1.54) is 0 Å². The summed E-state index contributed by atoms with van der Waals surface area (Å²) in [5.74, 6) is 0. The van der Waals surface area contributed by atoms with Gasteiger partial charge in [-0.15, -0.1) is 4.91 Å². The molecule has 0 aromatic heterocycles. The lowest BCUT2D eigenvalue weighted by atomic mass is 10.1. The van der Waals surface area contributed by atoms with E-state index >= 15 is 0 Å². The van der Waals surface area contributed by atoms with E-state index in [2.05, 4.69) is 5.18 Å². The van der Waals surface area contributed by atoms with Crippen LogP contribution in [0.4, 0.5) is 11.4 Å². The normalized spacial score (nSPS) is 12.2. The van der Waals surface area contributed by atoms with Gasteiger partial charge in [-0.3, -0.25) is 0 Å². The lowest BCUT2D eigenvalue weighted by Crippen LogP contribution is -2.34. The third kappa shape index (κ3) is 3.51. The van der Waals surface area contributed by atoms with Crippen molar-refractivity contribution < 1.29 is 10.2 Å². The van der Waals surface area contributed by atoms with Gasteiger partial charge in [0.05, 0.1) is 12.7 Å². The Hall–Kier alpha value is -1.46. The number of aliphatic hydroxyl groups excluding tert-OH is 2. The van der Waals surface area contributed by atoms with E-state index in [0.29, 0.717) is 18.8 Å². The van der Waals surface area contributed by atoms with Gasteiger partial charge in [0.25, 0.3) is 0 Å². The first-order chi connectivity index (χ1) is 8.12. The Morgan fingerprint density at radius 1 is 1.47 bits per heavy atom. The van der Waals surface area contributed by atoms with Crippen molar-refractivity contribution in [2.75, 3.05) is 24.6 Å². The first-order valence-corrected chi connectivity index (χ1v) is 5.60. The maximum absolute atomic E-state index is 10.5. The number of hydrogen-bond acceptors (Lipinski definition) is 5. The van der Waals surface area contributed by atoms with Gasteiger partial charge in [-0.05, 0) is 42.8 Å². The zero-order chi connectivity index (χ0) is 12.8. The molecular weight excluding hydrogens is 220 g/mol. The van der Waals surface area contributed by atoms with Crippen LogP contribution < -0.4 is 4.90 Å². The number of likely N-dealkylation sites (N-methyl/N-ethyl adjacent to an activating group) is 1. The van der Waals surface area contributed by atoms with E-state index in [4.69, 9.17) is 5.11 Å². The van der Waals surface area contributed by atoms with Gasteiger partial charge < -0.3 is 15.1 Å². The van der Waals surface area contributed by atoms with Gasteiger partial charge in [0.1, 0.15) is 5.69 Å². The number of aliphatic hydroxyl groups is 2. The fourth-order valence-corrected chi connectivity index (χ4v) is 1.67. The Bertz CT molecular complexity index is 382. The predicted molar refractivity (Wildman–Crippen MR) is 67.6 cm³/mol. The number of rotatable bonds is 6. The van der Waals surface area contributed by atoms with Crippen molar-refractivity contribution in [3.05, 3.63) is 28.7 Å². The SMILES string of the molecule is CCN(CC(O)CO)c1ccc(N=O)c(C)c1. The lowest BCUT2D eigenvalue weighted by Gasteiger charge is -2.25. The minimum Gasteiger partial charge on any atom is -0.394 e. The molecule has 5 nitrogen and oxygen atoms in total. The molecule has 0 saturated heterocycles. The second-order valence-corrected chi connectivity index (χ2v) is 3.94. The third-order valence-corrected chi connectivity index (χ3v) is 2.67. The summed E-state index contributed by atoms with van der Waals surface area (Å²) in [6, 6.07) is 5.30. The topological polar surface area (TPSA) is 73.1 Å². The fourth-order valence-electron chi connectivity index (χ4n) is 1.67. The molecule has 0 aliphatic heterocycles. The van der Waals surface area contributed by atoms with E-state index in [1.807, 2.05) is 24.8 Å². The van der Waals surface area contributed by atoms with E-state index in [-0.39, 0.29) is 6.61 Å². The minimum atomic E-state index is -0.765. The van der Waals surface area contributed by atoms with E-state index in [9.17, 15) is 10.0 Å². The monoisotopic (exact) mass is 238 g/mol. The highest BCUT2D eigenvalue weighted by atomic mass is 16.3. The van der Waals surface area contributed by atoms with E-state index in [0.717, 1.165) is 11.3 Å². The third-order valence-electron chi connectivity index (χ3n) is 2.67. The smallest absolute Gasteiger partial charge is 0.111 e. The molecular formula is C12H18N2O3. The van der Waals surface area contributed by atoms with Crippen LogP contribution in [0.2, 0.25) is 0 Å². The molecule has 94 valence electrons. The Labute approximate surface area is 101 Å². The summed E-state index contributed by atoms with van der Waals surface area (Å²) in [4.78, 5) is 12.4. The summed E-state index contributed by atoms with van der Waals surface area (Å²) < 4.78 is 0. The number of nitrogens with zero attached hydrogens (tertiary/aromatic N) is 2. The molecule has 1 aromatic rings.